The summed E-state index contributed by atoms with van der Waals surface area (Å²) in [6, 6.07) is -0.757. The summed E-state index contributed by atoms with van der Waals surface area (Å²) in [7, 11) is 0. The second-order valence-electron chi connectivity index (χ2n) is 17.1. The van der Waals surface area contributed by atoms with Crippen LogP contribution in [0, 0.1) is 0 Å². The average Bonchev–Trinajstić information content (AvgIpc) is 3.18. The van der Waals surface area contributed by atoms with E-state index >= 15 is 0 Å². The minimum absolute atomic E-state index is 0.00995. The maximum atomic E-state index is 12.4. The number of hydrogen-bond donors (Lipinski definition) is 4. The Balaban J connectivity index is 3.56. The van der Waals surface area contributed by atoms with E-state index in [9.17, 15) is 20.1 Å². The molecule has 3 unspecified atom stereocenters. The first-order valence-electron chi connectivity index (χ1n) is 24.6. The molecule has 4 N–H and O–H groups in total. The molecular formula is C50H97NO4. The van der Waals surface area contributed by atoms with Gasteiger partial charge < -0.3 is 20.6 Å². The predicted molar refractivity (Wildman–Crippen MR) is 241 cm³/mol. The van der Waals surface area contributed by atoms with Crippen molar-refractivity contribution in [3.8, 4) is 0 Å². The summed E-state index contributed by atoms with van der Waals surface area (Å²) in [5.74, 6) is -0.322. The monoisotopic (exact) mass is 776 g/mol. The molecule has 0 aliphatic carbocycles. The lowest BCUT2D eigenvalue weighted by molar-refractivity contribution is -0.124. The fraction of sp³-hybridized carbons (Fsp3) is 0.900. The number of carbonyl (C=O) groups excluding carboxylic acids is 1. The summed E-state index contributed by atoms with van der Waals surface area (Å²) in [5.41, 5.74) is 0. The van der Waals surface area contributed by atoms with Gasteiger partial charge in [0.1, 0.15) is 0 Å². The van der Waals surface area contributed by atoms with E-state index in [0.29, 0.717) is 6.42 Å². The number of aliphatic hydroxyl groups is 3. The van der Waals surface area contributed by atoms with Crippen LogP contribution in [0.25, 0.3) is 0 Å². The maximum absolute atomic E-state index is 12.4. The first kappa shape index (κ1) is 53.8. The topological polar surface area (TPSA) is 89.8 Å². The number of aliphatic hydroxyl groups excluding tert-OH is 3. The fourth-order valence-electron chi connectivity index (χ4n) is 7.71. The molecule has 0 fully saturated rings. The highest BCUT2D eigenvalue weighted by Crippen LogP contribution is 2.17. The van der Waals surface area contributed by atoms with Gasteiger partial charge in [0.25, 0.3) is 0 Å². The highest BCUT2D eigenvalue weighted by atomic mass is 16.3. The van der Waals surface area contributed by atoms with E-state index in [2.05, 4.69) is 31.3 Å². The van der Waals surface area contributed by atoms with Crippen molar-refractivity contribution in [1.29, 1.82) is 0 Å². The first-order chi connectivity index (χ1) is 27.0. The molecule has 5 nitrogen and oxygen atoms in total. The van der Waals surface area contributed by atoms with Crippen molar-refractivity contribution < 1.29 is 20.1 Å². The Morgan fingerprint density at radius 3 is 1.16 bits per heavy atom. The summed E-state index contributed by atoms with van der Waals surface area (Å²) >= 11 is 0. The summed E-state index contributed by atoms with van der Waals surface area (Å²) < 4.78 is 0. The Hall–Kier alpha value is -1.17. The van der Waals surface area contributed by atoms with Gasteiger partial charge in [-0.1, -0.05) is 250 Å². The van der Waals surface area contributed by atoms with Crippen LogP contribution in [0.15, 0.2) is 24.3 Å². The van der Waals surface area contributed by atoms with Crippen LogP contribution in [0.5, 0.6) is 0 Å². The van der Waals surface area contributed by atoms with Crippen LogP contribution in [0.2, 0.25) is 0 Å². The number of nitrogens with one attached hydrogen (secondary N) is 1. The molecule has 0 bridgehead atoms. The number of allylic oxidation sites excluding steroid dienone is 3. The van der Waals surface area contributed by atoms with Crippen molar-refractivity contribution in [3.05, 3.63) is 24.3 Å². The molecule has 55 heavy (non-hydrogen) atoms. The lowest BCUT2D eigenvalue weighted by Gasteiger charge is -2.21. The smallest absolute Gasteiger partial charge is 0.222 e. The molecule has 0 heterocycles. The molecule has 326 valence electrons. The van der Waals surface area contributed by atoms with Crippen molar-refractivity contribution in [2.24, 2.45) is 0 Å². The first-order valence-corrected chi connectivity index (χ1v) is 24.6. The van der Waals surface area contributed by atoms with Crippen LogP contribution in [0.3, 0.4) is 0 Å². The molecule has 0 saturated carbocycles. The second kappa shape index (κ2) is 45.5. The van der Waals surface area contributed by atoms with Crippen molar-refractivity contribution in [2.75, 3.05) is 6.61 Å². The fourth-order valence-corrected chi connectivity index (χ4v) is 7.71. The molecular weight excluding hydrogens is 679 g/mol. The zero-order valence-electron chi connectivity index (χ0n) is 37.1. The van der Waals surface area contributed by atoms with Gasteiger partial charge >= 0.3 is 0 Å². The molecule has 0 aromatic carbocycles. The normalized spacial score (nSPS) is 13.6. The van der Waals surface area contributed by atoms with E-state index in [1.165, 1.54) is 205 Å². The summed E-state index contributed by atoms with van der Waals surface area (Å²) in [6.07, 6.45) is 56.3. The summed E-state index contributed by atoms with van der Waals surface area (Å²) in [5, 5.41) is 33.2. The Morgan fingerprint density at radius 2 is 0.782 bits per heavy atom. The number of hydrogen-bond acceptors (Lipinski definition) is 4. The number of rotatable bonds is 45. The highest BCUT2D eigenvalue weighted by Gasteiger charge is 2.20. The number of amides is 1. The van der Waals surface area contributed by atoms with E-state index in [1.54, 1.807) is 6.08 Å². The van der Waals surface area contributed by atoms with E-state index in [-0.39, 0.29) is 18.9 Å². The van der Waals surface area contributed by atoms with E-state index in [1.807, 2.05) is 6.08 Å². The van der Waals surface area contributed by atoms with Crippen molar-refractivity contribution in [2.45, 2.75) is 283 Å². The molecule has 0 radical (unpaired) electrons. The molecule has 0 spiro atoms. The molecule has 0 saturated heterocycles. The minimum Gasteiger partial charge on any atom is -0.394 e. The largest absolute Gasteiger partial charge is 0.394 e. The molecule has 0 rings (SSSR count). The van der Waals surface area contributed by atoms with Gasteiger partial charge in [0.2, 0.25) is 5.91 Å². The lowest BCUT2D eigenvalue weighted by Crippen LogP contribution is -2.45. The SMILES string of the molecule is CCCCCCCCCC/C=C/CC/C=C/C(O)C(CO)NC(=O)CC(O)CCCCCCCCCCCCCCCCCCCCCCCCCCCC. The molecule has 5 heteroatoms. The second-order valence-corrected chi connectivity index (χ2v) is 17.1. The third-order valence-corrected chi connectivity index (χ3v) is 11.5. The van der Waals surface area contributed by atoms with Crippen LogP contribution in [0.1, 0.15) is 264 Å². The van der Waals surface area contributed by atoms with Gasteiger partial charge in [-0.3, -0.25) is 4.79 Å². The Kier molecular flexibility index (Phi) is 44.6. The van der Waals surface area contributed by atoms with Crippen LogP contribution >= 0.6 is 0 Å². The van der Waals surface area contributed by atoms with Crippen LogP contribution in [0.4, 0.5) is 0 Å². The number of carbonyl (C=O) groups is 1. The minimum atomic E-state index is -0.948. The Bertz CT molecular complexity index is 814. The third-order valence-electron chi connectivity index (χ3n) is 11.5. The van der Waals surface area contributed by atoms with Crippen LogP contribution in [-0.4, -0.2) is 46.1 Å². The molecule has 0 aliphatic heterocycles. The van der Waals surface area contributed by atoms with Crippen molar-refractivity contribution in [1.82, 2.24) is 5.32 Å². The molecule has 3 atom stereocenters. The molecule has 1 amide bonds. The quantitative estimate of drug-likeness (QED) is 0.0366. The molecule has 0 aromatic rings. The summed E-state index contributed by atoms with van der Waals surface area (Å²) in [4.78, 5) is 12.4. The van der Waals surface area contributed by atoms with Gasteiger partial charge in [0.05, 0.1) is 31.3 Å². The van der Waals surface area contributed by atoms with Gasteiger partial charge in [0.15, 0.2) is 0 Å². The van der Waals surface area contributed by atoms with Crippen molar-refractivity contribution >= 4 is 5.91 Å². The van der Waals surface area contributed by atoms with Gasteiger partial charge in [0, 0.05) is 0 Å². The van der Waals surface area contributed by atoms with E-state index in [0.717, 1.165) is 32.1 Å². The maximum Gasteiger partial charge on any atom is 0.222 e. The van der Waals surface area contributed by atoms with E-state index in [4.69, 9.17) is 0 Å². The summed E-state index contributed by atoms with van der Waals surface area (Å²) in [6.45, 7) is 4.21. The number of unbranched alkanes of at least 4 members (excludes halogenated alkanes) is 34. The lowest BCUT2D eigenvalue weighted by atomic mass is 10.0. The van der Waals surface area contributed by atoms with E-state index < -0.39 is 18.2 Å². The van der Waals surface area contributed by atoms with Crippen molar-refractivity contribution in [3.63, 3.8) is 0 Å². The Morgan fingerprint density at radius 1 is 0.455 bits per heavy atom. The third kappa shape index (κ3) is 42.3. The highest BCUT2D eigenvalue weighted by molar-refractivity contribution is 5.76. The zero-order chi connectivity index (χ0) is 40.1. The Labute approximate surface area is 343 Å². The van der Waals surface area contributed by atoms with Gasteiger partial charge in [-0.25, -0.2) is 0 Å². The van der Waals surface area contributed by atoms with Crippen LogP contribution < -0.4 is 5.32 Å². The molecule has 0 aliphatic rings. The van der Waals surface area contributed by atoms with Gasteiger partial charge in [-0.15, -0.1) is 0 Å². The van der Waals surface area contributed by atoms with Gasteiger partial charge in [-0.2, -0.15) is 0 Å². The van der Waals surface area contributed by atoms with Gasteiger partial charge in [-0.05, 0) is 32.1 Å². The molecule has 0 aromatic heterocycles. The average molecular weight is 776 g/mol. The predicted octanol–water partition coefficient (Wildman–Crippen LogP) is 14.6. The zero-order valence-corrected chi connectivity index (χ0v) is 37.1. The van der Waals surface area contributed by atoms with Crippen LogP contribution in [-0.2, 0) is 4.79 Å². The standard InChI is InChI=1S/C50H97NO4/c1-3-5-7-9-11-13-15-17-19-20-21-22-23-24-25-26-27-28-29-30-31-33-35-37-39-41-43-47(53)45-50(55)51-48(46-52)49(54)44-42-40-38-36-34-32-18-16-14-12-10-8-6-4-2/h34,36,42,44,47-49,52-54H,3-33,35,37-41,43,45-46H2,1-2H3,(H,51,55)/b36-34+,44-42+.